The van der Waals surface area contributed by atoms with Crippen molar-refractivity contribution in [3.8, 4) is 5.75 Å². The van der Waals surface area contributed by atoms with Crippen LogP contribution in [-0.4, -0.2) is 29.9 Å². The molecule has 4 heteroatoms. The van der Waals surface area contributed by atoms with Gasteiger partial charge in [0, 0.05) is 36.1 Å². The standard InChI is InChI=1S/C21H24N2O2/c1-15(17-8-5-7-11-20(17)25-3)23(2)21(24)13-12-16-14-22-19-10-6-4-9-18(16)19/h4-11,14-15,22H,12-13H2,1-3H3. The van der Waals surface area contributed by atoms with Crippen LogP contribution < -0.4 is 4.74 Å². The number of aromatic nitrogens is 1. The zero-order valence-corrected chi connectivity index (χ0v) is 15.0. The van der Waals surface area contributed by atoms with E-state index < -0.39 is 0 Å². The van der Waals surface area contributed by atoms with Crippen LogP contribution in [0.1, 0.15) is 30.5 Å². The summed E-state index contributed by atoms with van der Waals surface area (Å²) in [7, 11) is 3.51. The van der Waals surface area contributed by atoms with E-state index in [1.807, 2.05) is 56.6 Å². The SMILES string of the molecule is COc1ccccc1C(C)N(C)C(=O)CCc1c[nH]c2ccccc12. The third-order valence-electron chi connectivity index (χ3n) is 4.85. The maximum Gasteiger partial charge on any atom is 0.223 e. The molecule has 0 bridgehead atoms. The van der Waals surface area contributed by atoms with Gasteiger partial charge in [-0.05, 0) is 31.0 Å². The number of aromatic amines is 1. The van der Waals surface area contributed by atoms with Gasteiger partial charge in [-0.15, -0.1) is 0 Å². The van der Waals surface area contributed by atoms with Crippen molar-refractivity contribution in [1.82, 2.24) is 9.88 Å². The lowest BCUT2D eigenvalue weighted by atomic mass is 10.0. The van der Waals surface area contributed by atoms with Crippen LogP contribution in [0.3, 0.4) is 0 Å². The number of aryl methyl sites for hydroxylation is 1. The van der Waals surface area contributed by atoms with Crippen LogP contribution >= 0.6 is 0 Å². The Labute approximate surface area is 148 Å². The summed E-state index contributed by atoms with van der Waals surface area (Å²) >= 11 is 0. The van der Waals surface area contributed by atoms with Crippen molar-refractivity contribution in [2.45, 2.75) is 25.8 Å². The molecule has 1 N–H and O–H groups in total. The van der Waals surface area contributed by atoms with Crippen molar-refractivity contribution in [2.24, 2.45) is 0 Å². The van der Waals surface area contributed by atoms with E-state index in [9.17, 15) is 4.79 Å². The number of hydrogen-bond donors (Lipinski definition) is 1. The first-order valence-electron chi connectivity index (χ1n) is 8.55. The summed E-state index contributed by atoms with van der Waals surface area (Å²) in [6.07, 6.45) is 3.21. The number of methoxy groups -OCH3 is 1. The maximum absolute atomic E-state index is 12.7. The van der Waals surface area contributed by atoms with Crippen molar-refractivity contribution in [3.05, 3.63) is 65.9 Å². The van der Waals surface area contributed by atoms with Crippen LogP contribution in [-0.2, 0) is 11.2 Å². The number of para-hydroxylation sites is 2. The molecule has 1 aromatic heterocycles. The minimum absolute atomic E-state index is 0.0355. The quantitative estimate of drug-likeness (QED) is 0.728. The molecule has 0 aliphatic carbocycles. The number of amides is 1. The van der Waals surface area contributed by atoms with Gasteiger partial charge in [0.25, 0.3) is 0 Å². The molecule has 0 spiro atoms. The zero-order valence-electron chi connectivity index (χ0n) is 15.0. The second-order valence-electron chi connectivity index (χ2n) is 6.28. The number of H-pyrrole nitrogens is 1. The first-order valence-corrected chi connectivity index (χ1v) is 8.55. The van der Waals surface area contributed by atoms with Crippen molar-refractivity contribution in [1.29, 1.82) is 0 Å². The van der Waals surface area contributed by atoms with Gasteiger partial charge in [0.2, 0.25) is 5.91 Å². The average Bonchev–Trinajstić information content (AvgIpc) is 3.08. The van der Waals surface area contributed by atoms with Crippen LogP contribution in [0.15, 0.2) is 54.7 Å². The normalized spacial score (nSPS) is 12.1. The van der Waals surface area contributed by atoms with E-state index in [2.05, 4.69) is 17.1 Å². The summed E-state index contributed by atoms with van der Waals surface area (Å²) in [4.78, 5) is 17.7. The van der Waals surface area contributed by atoms with E-state index in [0.29, 0.717) is 6.42 Å². The number of rotatable bonds is 6. The molecule has 1 atom stereocenters. The fraction of sp³-hybridized carbons (Fsp3) is 0.286. The number of hydrogen-bond acceptors (Lipinski definition) is 2. The van der Waals surface area contributed by atoms with Gasteiger partial charge in [-0.25, -0.2) is 0 Å². The molecule has 4 nitrogen and oxygen atoms in total. The van der Waals surface area contributed by atoms with Crippen LogP contribution in [0, 0.1) is 0 Å². The molecule has 0 fully saturated rings. The van der Waals surface area contributed by atoms with Crippen LogP contribution in [0.25, 0.3) is 10.9 Å². The molecule has 1 heterocycles. The zero-order chi connectivity index (χ0) is 17.8. The highest BCUT2D eigenvalue weighted by Crippen LogP contribution is 2.28. The number of ether oxygens (including phenoxy) is 1. The summed E-state index contributed by atoms with van der Waals surface area (Å²) < 4.78 is 5.42. The summed E-state index contributed by atoms with van der Waals surface area (Å²) in [5.74, 6) is 0.940. The lowest BCUT2D eigenvalue weighted by Crippen LogP contribution is -2.30. The van der Waals surface area contributed by atoms with Crippen molar-refractivity contribution >= 4 is 16.8 Å². The highest BCUT2D eigenvalue weighted by molar-refractivity contribution is 5.84. The molecule has 0 saturated carbocycles. The fourth-order valence-electron chi connectivity index (χ4n) is 3.19. The lowest BCUT2D eigenvalue weighted by Gasteiger charge is -2.26. The number of benzene rings is 2. The van der Waals surface area contributed by atoms with Crippen LogP contribution in [0.5, 0.6) is 5.75 Å². The molecule has 3 rings (SSSR count). The number of nitrogens with zero attached hydrogens (tertiary/aromatic N) is 1. The molecule has 3 aromatic rings. The van der Waals surface area contributed by atoms with Crippen molar-refractivity contribution in [3.63, 3.8) is 0 Å². The topological polar surface area (TPSA) is 45.3 Å². The molecule has 1 unspecified atom stereocenters. The van der Waals surface area contributed by atoms with E-state index >= 15 is 0 Å². The monoisotopic (exact) mass is 336 g/mol. The van der Waals surface area contributed by atoms with Gasteiger partial charge in [0.05, 0.1) is 13.2 Å². The van der Waals surface area contributed by atoms with E-state index in [1.54, 1.807) is 12.0 Å². The Morgan fingerprint density at radius 2 is 1.88 bits per heavy atom. The van der Waals surface area contributed by atoms with Crippen molar-refractivity contribution in [2.75, 3.05) is 14.2 Å². The molecular formula is C21H24N2O2. The third kappa shape index (κ3) is 3.53. The van der Waals surface area contributed by atoms with E-state index in [0.717, 1.165) is 23.3 Å². The van der Waals surface area contributed by atoms with Gasteiger partial charge in [-0.1, -0.05) is 36.4 Å². The molecule has 25 heavy (non-hydrogen) atoms. The maximum atomic E-state index is 12.7. The fourth-order valence-corrected chi connectivity index (χ4v) is 3.19. The molecule has 1 amide bonds. The predicted molar refractivity (Wildman–Crippen MR) is 101 cm³/mol. The van der Waals surface area contributed by atoms with Gasteiger partial charge < -0.3 is 14.6 Å². The molecule has 0 aliphatic rings. The second kappa shape index (κ2) is 7.43. The first kappa shape index (κ1) is 17.1. The highest BCUT2D eigenvalue weighted by Gasteiger charge is 2.20. The van der Waals surface area contributed by atoms with Gasteiger partial charge in [0.15, 0.2) is 0 Å². The summed E-state index contributed by atoms with van der Waals surface area (Å²) in [5.41, 5.74) is 3.32. The summed E-state index contributed by atoms with van der Waals surface area (Å²) in [6.45, 7) is 2.03. The second-order valence-corrected chi connectivity index (χ2v) is 6.28. The number of nitrogens with one attached hydrogen (secondary N) is 1. The van der Waals surface area contributed by atoms with E-state index in [1.165, 1.54) is 10.9 Å². The first-order chi connectivity index (χ1) is 12.1. The Morgan fingerprint density at radius 1 is 1.16 bits per heavy atom. The number of carbonyl (C=O) groups excluding carboxylic acids is 1. The van der Waals surface area contributed by atoms with Crippen LogP contribution in [0.2, 0.25) is 0 Å². The summed E-state index contributed by atoms with van der Waals surface area (Å²) in [6, 6.07) is 16.0. The highest BCUT2D eigenvalue weighted by atomic mass is 16.5. The van der Waals surface area contributed by atoms with Crippen molar-refractivity contribution < 1.29 is 9.53 Å². The third-order valence-corrected chi connectivity index (χ3v) is 4.85. The Kier molecular flexibility index (Phi) is 5.08. The molecule has 0 radical (unpaired) electrons. The lowest BCUT2D eigenvalue weighted by molar-refractivity contribution is -0.131. The Morgan fingerprint density at radius 3 is 2.68 bits per heavy atom. The predicted octanol–water partition coefficient (Wildman–Crippen LogP) is 4.33. The number of fused-ring (bicyclic) bond motifs is 1. The van der Waals surface area contributed by atoms with E-state index in [-0.39, 0.29) is 11.9 Å². The molecule has 130 valence electrons. The largest absolute Gasteiger partial charge is 0.496 e. The van der Waals surface area contributed by atoms with Crippen LogP contribution in [0.4, 0.5) is 0 Å². The minimum Gasteiger partial charge on any atom is -0.496 e. The van der Waals surface area contributed by atoms with E-state index in [4.69, 9.17) is 4.74 Å². The minimum atomic E-state index is -0.0355. The van der Waals surface area contributed by atoms with Gasteiger partial charge >= 0.3 is 0 Å². The van der Waals surface area contributed by atoms with Gasteiger partial charge in [0.1, 0.15) is 5.75 Å². The Hall–Kier alpha value is -2.75. The molecule has 2 aromatic carbocycles. The number of carbonyl (C=O) groups is 1. The molecule has 0 aliphatic heterocycles. The molecular weight excluding hydrogens is 312 g/mol. The summed E-state index contributed by atoms with van der Waals surface area (Å²) in [5, 5.41) is 1.19. The van der Waals surface area contributed by atoms with Gasteiger partial charge in [-0.2, -0.15) is 0 Å². The Balaban J connectivity index is 1.68. The Bertz CT molecular complexity index is 869. The smallest absolute Gasteiger partial charge is 0.223 e. The van der Waals surface area contributed by atoms with Gasteiger partial charge in [-0.3, -0.25) is 4.79 Å². The molecule has 0 saturated heterocycles. The average molecular weight is 336 g/mol.